The second kappa shape index (κ2) is 10.3. The lowest BCUT2D eigenvalue weighted by molar-refractivity contribution is -0.151. The SMILES string of the molecule is CCC(=O)N(c1ccccc1)C1(C(=O)OC)CCN(CCN2C=NC3C2C(=O)N(C)C(=O)N3C)CC1. The van der Waals surface area contributed by atoms with Gasteiger partial charge in [0.2, 0.25) is 5.91 Å². The second-order valence-corrected chi connectivity index (χ2v) is 9.43. The third-order valence-corrected chi connectivity index (χ3v) is 7.49. The molecule has 4 amide bonds. The maximum Gasteiger partial charge on any atom is 0.332 e. The molecule has 4 rings (SSSR count). The first-order chi connectivity index (χ1) is 17.2. The number of benzene rings is 1. The zero-order valence-electron chi connectivity index (χ0n) is 21.3. The molecule has 36 heavy (non-hydrogen) atoms. The number of amides is 4. The average Bonchev–Trinajstić information content (AvgIpc) is 3.34. The molecule has 2 saturated heterocycles. The van der Waals surface area contributed by atoms with Crippen LogP contribution in [0, 0.1) is 0 Å². The molecule has 1 aromatic rings. The Labute approximate surface area is 211 Å². The van der Waals surface area contributed by atoms with Gasteiger partial charge in [0.1, 0.15) is 5.54 Å². The van der Waals surface area contributed by atoms with Crippen LogP contribution in [-0.2, 0) is 19.1 Å². The Morgan fingerprint density at radius 2 is 1.78 bits per heavy atom. The summed E-state index contributed by atoms with van der Waals surface area (Å²) in [5, 5.41) is 0. The van der Waals surface area contributed by atoms with Crippen molar-refractivity contribution in [1.82, 2.24) is 19.6 Å². The molecule has 0 aromatic heterocycles. The molecule has 0 aliphatic carbocycles. The van der Waals surface area contributed by atoms with E-state index in [1.807, 2.05) is 35.2 Å². The van der Waals surface area contributed by atoms with Crippen molar-refractivity contribution in [2.24, 2.45) is 4.99 Å². The molecule has 2 atom stereocenters. The summed E-state index contributed by atoms with van der Waals surface area (Å²) in [6.45, 7) is 4.15. The van der Waals surface area contributed by atoms with Gasteiger partial charge in [0.25, 0.3) is 5.91 Å². The van der Waals surface area contributed by atoms with E-state index in [1.165, 1.54) is 19.1 Å². The molecule has 3 aliphatic heterocycles. The minimum atomic E-state index is -1.08. The summed E-state index contributed by atoms with van der Waals surface area (Å²) in [6.07, 6.45) is 2.26. The predicted octanol–water partition coefficient (Wildman–Crippen LogP) is 1.000. The quantitative estimate of drug-likeness (QED) is 0.517. The maximum atomic E-state index is 13.1. The van der Waals surface area contributed by atoms with Gasteiger partial charge in [-0.05, 0) is 25.0 Å². The van der Waals surface area contributed by atoms with Crippen molar-refractivity contribution in [3.05, 3.63) is 30.3 Å². The van der Waals surface area contributed by atoms with E-state index < -0.39 is 23.7 Å². The normalized spacial score (nSPS) is 23.6. The number of carbonyl (C=O) groups excluding carboxylic acids is 4. The Hall–Kier alpha value is -3.47. The summed E-state index contributed by atoms with van der Waals surface area (Å²) in [5.41, 5.74) is -0.397. The van der Waals surface area contributed by atoms with Crippen molar-refractivity contribution >= 4 is 35.8 Å². The number of para-hydroxylation sites is 1. The topological polar surface area (TPSA) is 106 Å². The van der Waals surface area contributed by atoms with Crippen LogP contribution in [0.3, 0.4) is 0 Å². The minimum absolute atomic E-state index is 0.127. The van der Waals surface area contributed by atoms with Crippen LogP contribution in [0.1, 0.15) is 26.2 Å². The van der Waals surface area contributed by atoms with Gasteiger partial charge in [0, 0.05) is 52.4 Å². The Balaban J connectivity index is 1.45. The number of esters is 1. The molecule has 3 heterocycles. The van der Waals surface area contributed by atoms with Gasteiger partial charge < -0.3 is 19.4 Å². The zero-order chi connectivity index (χ0) is 26.0. The van der Waals surface area contributed by atoms with E-state index in [1.54, 1.807) is 25.2 Å². The number of urea groups is 1. The highest BCUT2D eigenvalue weighted by atomic mass is 16.5. The number of rotatable bonds is 7. The highest BCUT2D eigenvalue weighted by Crippen LogP contribution is 2.35. The smallest absolute Gasteiger partial charge is 0.332 e. The summed E-state index contributed by atoms with van der Waals surface area (Å²) < 4.78 is 5.22. The van der Waals surface area contributed by atoms with Gasteiger partial charge in [0.05, 0.1) is 13.4 Å². The zero-order valence-corrected chi connectivity index (χ0v) is 21.3. The lowest BCUT2D eigenvalue weighted by Crippen LogP contribution is -2.64. The Morgan fingerprint density at radius 3 is 2.39 bits per heavy atom. The lowest BCUT2D eigenvalue weighted by Gasteiger charge is -2.47. The fraction of sp³-hybridized carbons (Fsp3) is 0.560. The number of hydrogen-bond donors (Lipinski definition) is 0. The number of nitrogens with zero attached hydrogens (tertiary/aromatic N) is 6. The van der Waals surface area contributed by atoms with E-state index in [2.05, 4.69) is 9.89 Å². The summed E-state index contributed by atoms with van der Waals surface area (Å²) in [6, 6.07) is 8.37. The van der Waals surface area contributed by atoms with Gasteiger partial charge in [-0.3, -0.25) is 19.4 Å². The van der Waals surface area contributed by atoms with Crippen molar-refractivity contribution < 1.29 is 23.9 Å². The fourth-order valence-corrected chi connectivity index (χ4v) is 5.38. The number of carbonyl (C=O) groups is 4. The molecule has 0 saturated carbocycles. The number of anilines is 1. The first kappa shape index (κ1) is 25.6. The van der Waals surface area contributed by atoms with Gasteiger partial charge in [0.15, 0.2) is 12.2 Å². The van der Waals surface area contributed by atoms with E-state index in [-0.39, 0.29) is 24.3 Å². The molecule has 11 nitrogen and oxygen atoms in total. The van der Waals surface area contributed by atoms with E-state index in [9.17, 15) is 19.2 Å². The highest BCUT2D eigenvalue weighted by Gasteiger charge is 2.51. The van der Waals surface area contributed by atoms with Crippen molar-refractivity contribution in [2.45, 2.75) is 43.9 Å². The van der Waals surface area contributed by atoms with Gasteiger partial charge in [-0.25, -0.2) is 14.6 Å². The summed E-state index contributed by atoms with van der Waals surface area (Å²) in [4.78, 5) is 64.0. The summed E-state index contributed by atoms with van der Waals surface area (Å²) >= 11 is 0. The van der Waals surface area contributed by atoms with Crippen molar-refractivity contribution in [2.75, 3.05) is 52.3 Å². The van der Waals surface area contributed by atoms with Gasteiger partial charge in [-0.15, -0.1) is 0 Å². The van der Waals surface area contributed by atoms with Crippen LogP contribution in [0.2, 0.25) is 0 Å². The van der Waals surface area contributed by atoms with Crippen LogP contribution in [0.25, 0.3) is 0 Å². The van der Waals surface area contributed by atoms with Gasteiger partial charge >= 0.3 is 12.0 Å². The summed E-state index contributed by atoms with van der Waals surface area (Å²) in [7, 11) is 4.50. The molecular weight excluding hydrogens is 464 g/mol. The molecule has 0 spiro atoms. The molecule has 2 fully saturated rings. The first-order valence-electron chi connectivity index (χ1n) is 12.3. The largest absolute Gasteiger partial charge is 0.467 e. The molecule has 1 aromatic carbocycles. The molecule has 194 valence electrons. The van der Waals surface area contributed by atoms with Crippen LogP contribution in [0.15, 0.2) is 35.3 Å². The van der Waals surface area contributed by atoms with Crippen molar-refractivity contribution in [3.63, 3.8) is 0 Å². The molecular formula is C25H34N6O5. The van der Waals surface area contributed by atoms with Crippen molar-refractivity contribution in [3.8, 4) is 0 Å². The number of hydrogen-bond acceptors (Lipinski definition) is 8. The Bertz CT molecular complexity index is 1040. The number of aliphatic imine (C=N–C) groups is 1. The standard InChI is InChI=1S/C25H34N6O5/c1-5-19(32)31(18-9-7-6-8-10-18)25(23(34)36-4)11-13-29(14-12-25)15-16-30-17-26-21-20(30)22(33)28(3)24(35)27(21)2/h6-10,17,20-21H,5,11-16H2,1-4H3. The fourth-order valence-electron chi connectivity index (χ4n) is 5.38. The molecule has 0 radical (unpaired) electrons. The number of likely N-dealkylation sites (N-methyl/N-ethyl adjacent to an activating group) is 2. The number of fused-ring (bicyclic) bond motifs is 1. The van der Waals surface area contributed by atoms with E-state index in [0.29, 0.717) is 44.7 Å². The van der Waals surface area contributed by atoms with Crippen LogP contribution in [0.4, 0.5) is 10.5 Å². The first-order valence-corrected chi connectivity index (χ1v) is 12.3. The Morgan fingerprint density at radius 1 is 1.11 bits per heavy atom. The Kier molecular flexibility index (Phi) is 7.30. The summed E-state index contributed by atoms with van der Waals surface area (Å²) in [5.74, 6) is -0.802. The van der Waals surface area contributed by atoms with Gasteiger partial charge in [-0.2, -0.15) is 0 Å². The number of methoxy groups -OCH3 is 1. The average molecular weight is 499 g/mol. The molecule has 3 aliphatic rings. The number of likely N-dealkylation sites (tertiary alicyclic amines) is 1. The third kappa shape index (κ3) is 4.32. The van der Waals surface area contributed by atoms with E-state index in [4.69, 9.17) is 4.74 Å². The van der Waals surface area contributed by atoms with Crippen molar-refractivity contribution in [1.29, 1.82) is 0 Å². The number of imide groups is 1. The van der Waals surface area contributed by atoms with E-state index in [0.717, 1.165) is 4.90 Å². The second-order valence-electron chi connectivity index (χ2n) is 9.43. The minimum Gasteiger partial charge on any atom is -0.467 e. The van der Waals surface area contributed by atoms with Crippen LogP contribution in [0.5, 0.6) is 0 Å². The highest BCUT2D eigenvalue weighted by molar-refractivity contribution is 6.02. The van der Waals surface area contributed by atoms with Gasteiger partial charge in [-0.1, -0.05) is 25.1 Å². The molecule has 0 bridgehead atoms. The van der Waals surface area contributed by atoms with Crippen LogP contribution in [-0.4, -0.2) is 115 Å². The molecule has 0 N–H and O–H groups in total. The predicted molar refractivity (Wildman–Crippen MR) is 133 cm³/mol. The lowest BCUT2D eigenvalue weighted by atomic mass is 9.84. The monoisotopic (exact) mass is 498 g/mol. The number of piperidine rings is 1. The molecule has 11 heteroatoms. The third-order valence-electron chi connectivity index (χ3n) is 7.49. The van der Waals surface area contributed by atoms with Crippen LogP contribution >= 0.6 is 0 Å². The molecule has 2 unspecified atom stereocenters. The van der Waals surface area contributed by atoms with E-state index >= 15 is 0 Å². The maximum absolute atomic E-state index is 13.1. The number of ether oxygens (including phenoxy) is 1. The van der Waals surface area contributed by atoms with Crippen LogP contribution < -0.4 is 4.90 Å².